The molecule has 0 saturated heterocycles. The molecule has 0 aliphatic rings. The summed E-state index contributed by atoms with van der Waals surface area (Å²) in [6.07, 6.45) is 13.4. The number of allylic oxidation sites excluding steroid dienone is 6. The minimum absolute atomic E-state index is 0.310. The standard InChI is InChI=1S/C24H32ClN/c1-6-9-11-21-22-16-20(25)14-15-23(22)26-24(21)18(5)19(10-7-2)13-12-17(4)8-3/h7,10,12-16,18,26H,6,8-9,11H2,1-5H3/b10-7-,17-12+,19-13+/t18-/m0/s1. The number of aromatic amines is 1. The molecule has 2 rings (SSSR count). The molecule has 0 spiro atoms. The Balaban J connectivity index is 2.54. The lowest BCUT2D eigenvalue weighted by molar-refractivity contribution is 0.775. The highest BCUT2D eigenvalue weighted by molar-refractivity contribution is 6.31. The van der Waals surface area contributed by atoms with Crippen LogP contribution in [0.1, 0.15) is 71.1 Å². The van der Waals surface area contributed by atoms with E-state index in [2.05, 4.69) is 76.0 Å². The second kappa shape index (κ2) is 9.83. The largest absolute Gasteiger partial charge is 0.358 e. The fraction of sp³-hybridized carbons (Fsp3) is 0.417. The minimum atomic E-state index is 0.310. The molecule has 2 heteroatoms. The van der Waals surface area contributed by atoms with Crippen LogP contribution in [0.25, 0.3) is 10.9 Å². The highest BCUT2D eigenvalue weighted by atomic mass is 35.5. The molecule has 1 heterocycles. The number of rotatable bonds is 8. The average molecular weight is 370 g/mol. The van der Waals surface area contributed by atoms with Crippen molar-refractivity contribution >= 4 is 22.5 Å². The van der Waals surface area contributed by atoms with E-state index in [0.717, 1.165) is 17.9 Å². The number of nitrogens with one attached hydrogen (secondary N) is 1. The Morgan fingerprint density at radius 3 is 2.65 bits per heavy atom. The van der Waals surface area contributed by atoms with Crippen LogP contribution in [0.3, 0.4) is 0 Å². The van der Waals surface area contributed by atoms with Crippen LogP contribution in [0, 0.1) is 0 Å². The summed E-state index contributed by atoms with van der Waals surface area (Å²) in [6, 6.07) is 6.17. The molecule has 1 aromatic heterocycles. The molecule has 0 bridgehead atoms. The van der Waals surface area contributed by atoms with Crippen molar-refractivity contribution < 1.29 is 0 Å². The highest BCUT2D eigenvalue weighted by Gasteiger charge is 2.18. The van der Waals surface area contributed by atoms with Gasteiger partial charge in [-0.3, -0.25) is 0 Å². The summed E-state index contributed by atoms with van der Waals surface area (Å²) in [5, 5.41) is 2.08. The zero-order valence-corrected chi connectivity index (χ0v) is 17.6. The molecular formula is C24H32ClN. The van der Waals surface area contributed by atoms with E-state index in [1.54, 1.807) is 0 Å². The van der Waals surface area contributed by atoms with E-state index in [4.69, 9.17) is 11.6 Å². The van der Waals surface area contributed by atoms with Gasteiger partial charge in [-0.25, -0.2) is 0 Å². The molecule has 140 valence electrons. The third-order valence-corrected chi connectivity index (χ3v) is 5.33. The monoisotopic (exact) mass is 369 g/mol. The smallest absolute Gasteiger partial charge is 0.0460 e. The van der Waals surface area contributed by atoms with E-state index in [9.17, 15) is 0 Å². The molecule has 1 N–H and O–H groups in total. The van der Waals surface area contributed by atoms with Crippen LogP contribution in [-0.4, -0.2) is 4.98 Å². The van der Waals surface area contributed by atoms with E-state index in [1.165, 1.54) is 46.1 Å². The molecule has 0 unspecified atom stereocenters. The number of halogens is 1. The van der Waals surface area contributed by atoms with Gasteiger partial charge >= 0.3 is 0 Å². The van der Waals surface area contributed by atoms with Crippen molar-refractivity contribution in [3.8, 4) is 0 Å². The summed E-state index contributed by atoms with van der Waals surface area (Å²) in [5.74, 6) is 0.310. The molecule has 1 aromatic carbocycles. The van der Waals surface area contributed by atoms with Crippen molar-refractivity contribution in [2.24, 2.45) is 0 Å². The zero-order chi connectivity index (χ0) is 19.1. The predicted octanol–water partition coefficient (Wildman–Crippen LogP) is 8.13. The number of fused-ring (bicyclic) bond motifs is 1. The first-order chi connectivity index (χ1) is 12.5. The molecule has 0 radical (unpaired) electrons. The summed E-state index contributed by atoms with van der Waals surface area (Å²) < 4.78 is 0. The normalized spacial score (nSPS) is 14.5. The number of unbranched alkanes of at least 4 members (excludes halogenated alkanes) is 1. The topological polar surface area (TPSA) is 15.8 Å². The van der Waals surface area contributed by atoms with Gasteiger partial charge in [0.2, 0.25) is 0 Å². The minimum Gasteiger partial charge on any atom is -0.358 e. The summed E-state index contributed by atoms with van der Waals surface area (Å²) in [4.78, 5) is 3.69. The van der Waals surface area contributed by atoms with Crippen molar-refractivity contribution in [1.82, 2.24) is 4.98 Å². The molecule has 0 amide bonds. The van der Waals surface area contributed by atoms with Crippen LogP contribution in [-0.2, 0) is 6.42 Å². The average Bonchev–Trinajstić information content (AvgIpc) is 3.00. The Morgan fingerprint density at radius 2 is 2.00 bits per heavy atom. The summed E-state index contributed by atoms with van der Waals surface area (Å²) in [5.41, 5.74) is 6.65. The molecule has 0 aliphatic carbocycles. The fourth-order valence-electron chi connectivity index (χ4n) is 3.29. The lowest BCUT2D eigenvalue weighted by Crippen LogP contribution is -2.01. The molecule has 0 fully saturated rings. The molecular weight excluding hydrogens is 338 g/mol. The van der Waals surface area contributed by atoms with Crippen LogP contribution in [0.5, 0.6) is 0 Å². The van der Waals surface area contributed by atoms with E-state index in [0.29, 0.717) is 5.92 Å². The van der Waals surface area contributed by atoms with Crippen LogP contribution in [0.4, 0.5) is 0 Å². The van der Waals surface area contributed by atoms with Gasteiger partial charge in [0.05, 0.1) is 0 Å². The van der Waals surface area contributed by atoms with E-state index < -0.39 is 0 Å². The summed E-state index contributed by atoms with van der Waals surface area (Å²) >= 11 is 6.28. The number of H-pyrrole nitrogens is 1. The Bertz CT molecular complexity index is 820. The van der Waals surface area contributed by atoms with Gasteiger partial charge in [0.1, 0.15) is 0 Å². The Labute approximate surface area is 163 Å². The lowest BCUT2D eigenvalue weighted by Gasteiger charge is -2.15. The van der Waals surface area contributed by atoms with E-state index >= 15 is 0 Å². The fourth-order valence-corrected chi connectivity index (χ4v) is 3.47. The Morgan fingerprint density at radius 1 is 1.23 bits per heavy atom. The van der Waals surface area contributed by atoms with Gasteiger partial charge in [0, 0.05) is 27.5 Å². The zero-order valence-electron chi connectivity index (χ0n) is 16.8. The van der Waals surface area contributed by atoms with Crippen LogP contribution < -0.4 is 0 Å². The maximum Gasteiger partial charge on any atom is 0.0460 e. The van der Waals surface area contributed by atoms with Crippen LogP contribution in [0.15, 0.2) is 53.6 Å². The maximum absolute atomic E-state index is 6.28. The Hall–Kier alpha value is -1.73. The van der Waals surface area contributed by atoms with Crippen LogP contribution >= 0.6 is 11.6 Å². The first-order valence-corrected chi connectivity index (χ1v) is 10.2. The number of aryl methyl sites for hydroxylation is 1. The van der Waals surface area contributed by atoms with E-state index in [1.807, 2.05) is 6.07 Å². The molecule has 1 nitrogen and oxygen atoms in total. The van der Waals surface area contributed by atoms with E-state index in [-0.39, 0.29) is 0 Å². The third-order valence-electron chi connectivity index (χ3n) is 5.09. The highest BCUT2D eigenvalue weighted by Crippen LogP contribution is 2.34. The molecule has 1 atom stereocenters. The van der Waals surface area contributed by atoms with Gasteiger partial charge in [0.15, 0.2) is 0 Å². The SMILES string of the molecule is C\C=C/C(=C\C=C(/C)CC)[C@H](C)c1[nH]c2ccc(Cl)cc2c1CCCC. The van der Waals surface area contributed by atoms with Gasteiger partial charge in [-0.2, -0.15) is 0 Å². The number of aromatic nitrogens is 1. The molecule has 0 saturated carbocycles. The number of hydrogen-bond donors (Lipinski definition) is 1. The van der Waals surface area contributed by atoms with Gasteiger partial charge in [-0.1, -0.05) is 68.7 Å². The van der Waals surface area contributed by atoms with Crippen molar-refractivity contribution in [2.45, 2.75) is 66.2 Å². The maximum atomic E-state index is 6.28. The summed E-state index contributed by atoms with van der Waals surface area (Å²) in [6.45, 7) is 11.0. The molecule has 26 heavy (non-hydrogen) atoms. The Kier molecular flexibility index (Phi) is 7.78. The second-order valence-corrected chi connectivity index (χ2v) is 7.50. The summed E-state index contributed by atoms with van der Waals surface area (Å²) in [7, 11) is 0. The van der Waals surface area contributed by atoms with Crippen LogP contribution in [0.2, 0.25) is 5.02 Å². The van der Waals surface area contributed by atoms with Crippen molar-refractivity contribution in [1.29, 1.82) is 0 Å². The molecule has 0 aliphatic heterocycles. The number of hydrogen-bond acceptors (Lipinski definition) is 0. The van der Waals surface area contributed by atoms with Crippen molar-refractivity contribution in [3.63, 3.8) is 0 Å². The molecule has 2 aromatic rings. The van der Waals surface area contributed by atoms with Gasteiger partial charge in [-0.15, -0.1) is 0 Å². The first-order valence-electron chi connectivity index (χ1n) is 9.81. The van der Waals surface area contributed by atoms with Gasteiger partial charge < -0.3 is 4.98 Å². The van der Waals surface area contributed by atoms with Gasteiger partial charge in [0.25, 0.3) is 0 Å². The quantitative estimate of drug-likeness (QED) is 0.452. The lowest BCUT2D eigenvalue weighted by atomic mass is 9.91. The third kappa shape index (κ3) is 4.92. The predicted molar refractivity (Wildman–Crippen MR) is 117 cm³/mol. The second-order valence-electron chi connectivity index (χ2n) is 7.07. The first kappa shape index (κ1) is 20.6. The van der Waals surface area contributed by atoms with Crippen molar-refractivity contribution in [2.75, 3.05) is 0 Å². The number of benzene rings is 1. The van der Waals surface area contributed by atoms with Crippen molar-refractivity contribution in [3.05, 3.63) is 69.9 Å². The van der Waals surface area contributed by atoms with Gasteiger partial charge in [-0.05, 0) is 62.4 Å².